The third-order valence-electron chi connectivity index (χ3n) is 9.62. The van der Waals surface area contributed by atoms with E-state index >= 15 is 0 Å². The Hall–Kier alpha value is -7.05. The molecule has 6 nitrogen and oxygen atoms in total. The van der Waals surface area contributed by atoms with Crippen molar-refractivity contribution in [1.29, 1.82) is 0 Å². The molecule has 0 radical (unpaired) electrons. The van der Waals surface area contributed by atoms with Crippen molar-refractivity contribution in [2.24, 2.45) is 0 Å². The third kappa shape index (κ3) is 5.17. The Bertz CT molecular complexity index is 2700. The summed E-state index contributed by atoms with van der Waals surface area (Å²) in [6.07, 6.45) is -0.416. The van der Waals surface area contributed by atoms with Gasteiger partial charge in [0.25, 0.3) is 0 Å². The van der Waals surface area contributed by atoms with Crippen LogP contribution >= 0.6 is 0 Å². The van der Waals surface area contributed by atoms with Crippen molar-refractivity contribution in [2.75, 3.05) is 5.32 Å². The maximum absolute atomic E-state index is 6.98. The molecule has 10 rings (SSSR count). The molecule has 0 saturated heterocycles. The number of nitrogens with zero attached hydrogens (tertiary/aromatic N) is 3. The Morgan fingerprint density at radius 1 is 0.423 bits per heavy atom. The zero-order valence-corrected chi connectivity index (χ0v) is 27.9. The smallest absolute Gasteiger partial charge is 0.200 e. The predicted molar refractivity (Wildman–Crippen MR) is 208 cm³/mol. The Balaban J connectivity index is 1.17. The van der Waals surface area contributed by atoms with Crippen molar-refractivity contribution in [2.45, 2.75) is 6.23 Å². The van der Waals surface area contributed by atoms with Crippen LogP contribution in [0.5, 0.6) is 5.75 Å². The molecule has 1 N–H and O–H groups in total. The van der Waals surface area contributed by atoms with E-state index in [9.17, 15) is 0 Å². The Morgan fingerprint density at radius 2 is 1.00 bits per heavy atom. The number of benzene rings is 7. The van der Waals surface area contributed by atoms with Crippen LogP contribution in [0, 0.1) is 0 Å². The minimum absolute atomic E-state index is 0.416. The maximum atomic E-state index is 6.98. The number of fused-ring (bicyclic) bond motifs is 4. The van der Waals surface area contributed by atoms with Gasteiger partial charge >= 0.3 is 0 Å². The van der Waals surface area contributed by atoms with Crippen molar-refractivity contribution in [1.82, 2.24) is 15.0 Å². The van der Waals surface area contributed by atoms with Crippen molar-refractivity contribution in [3.63, 3.8) is 0 Å². The molecule has 6 heteroatoms. The molecule has 0 bridgehead atoms. The largest absolute Gasteiger partial charge is 0.464 e. The van der Waals surface area contributed by atoms with Gasteiger partial charge in [-0.25, -0.2) is 15.0 Å². The quantitative estimate of drug-likeness (QED) is 0.190. The average Bonchev–Trinajstić information content (AvgIpc) is 3.84. The van der Waals surface area contributed by atoms with Gasteiger partial charge in [-0.1, -0.05) is 146 Å². The van der Waals surface area contributed by atoms with Gasteiger partial charge in [0.15, 0.2) is 23.7 Å². The van der Waals surface area contributed by atoms with Gasteiger partial charge in [-0.3, -0.25) is 0 Å². The first-order valence-electron chi connectivity index (χ1n) is 17.3. The number of furan rings is 1. The van der Waals surface area contributed by atoms with E-state index in [2.05, 4.69) is 90.2 Å². The Kier molecular flexibility index (Phi) is 7.10. The van der Waals surface area contributed by atoms with E-state index in [1.54, 1.807) is 0 Å². The zero-order chi connectivity index (χ0) is 34.4. The highest BCUT2D eigenvalue weighted by molar-refractivity contribution is 6.16. The molecule has 0 amide bonds. The number of ether oxygens (including phenoxy) is 1. The fourth-order valence-corrected chi connectivity index (χ4v) is 7.07. The van der Waals surface area contributed by atoms with Gasteiger partial charge < -0.3 is 14.5 Å². The van der Waals surface area contributed by atoms with Gasteiger partial charge in [0.1, 0.15) is 16.9 Å². The molecule has 9 aromatic rings. The minimum Gasteiger partial charge on any atom is -0.464 e. The lowest BCUT2D eigenvalue weighted by Gasteiger charge is -2.14. The van der Waals surface area contributed by atoms with Gasteiger partial charge in [-0.2, -0.15) is 0 Å². The first kappa shape index (κ1) is 29.8. The van der Waals surface area contributed by atoms with Crippen molar-refractivity contribution >= 4 is 27.6 Å². The van der Waals surface area contributed by atoms with E-state index in [0.717, 1.165) is 72.3 Å². The molecule has 246 valence electrons. The number of para-hydroxylation sites is 3. The van der Waals surface area contributed by atoms with E-state index in [4.69, 9.17) is 24.1 Å². The first-order valence-corrected chi connectivity index (χ1v) is 17.3. The number of anilines is 1. The molecule has 7 aromatic carbocycles. The number of hydrogen-bond donors (Lipinski definition) is 1. The third-order valence-corrected chi connectivity index (χ3v) is 9.62. The molecule has 0 fully saturated rings. The van der Waals surface area contributed by atoms with Crippen LogP contribution in [0.2, 0.25) is 0 Å². The van der Waals surface area contributed by atoms with Crippen molar-refractivity contribution in [3.8, 4) is 62.2 Å². The van der Waals surface area contributed by atoms with Crippen LogP contribution in [0.3, 0.4) is 0 Å². The normalized spacial score (nSPS) is 13.5. The standard InChI is InChI=1S/C46H30N4O2/c1-4-13-29(14-5-1)30-23-25-33(26-24-30)44-48-43(32-17-8-3-9-18-32)49-45(50-44)36-20-12-19-35-40-34(31-15-6-2-7-16-31)27-28-37(42(40)52-41(35)36)46-47-38-21-10-11-22-39(38)51-46/h1-28,46-47H. The van der Waals surface area contributed by atoms with Gasteiger partial charge in [0, 0.05) is 21.9 Å². The summed E-state index contributed by atoms with van der Waals surface area (Å²) >= 11 is 0. The summed E-state index contributed by atoms with van der Waals surface area (Å²) in [6.45, 7) is 0. The van der Waals surface area contributed by atoms with Crippen molar-refractivity contribution < 1.29 is 9.15 Å². The summed E-state index contributed by atoms with van der Waals surface area (Å²) in [5.41, 5.74) is 10.4. The fraction of sp³-hybridized carbons (Fsp3) is 0.0217. The van der Waals surface area contributed by atoms with E-state index < -0.39 is 6.23 Å². The highest BCUT2D eigenvalue weighted by atomic mass is 16.5. The van der Waals surface area contributed by atoms with Gasteiger partial charge in [-0.15, -0.1) is 0 Å². The molecular weight excluding hydrogens is 641 g/mol. The molecular formula is C46H30N4O2. The van der Waals surface area contributed by atoms with Gasteiger partial charge in [0.2, 0.25) is 0 Å². The molecule has 0 saturated carbocycles. The maximum Gasteiger partial charge on any atom is 0.200 e. The number of hydrogen-bond acceptors (Lipinski definition) is 6. The lowest BCUT2D eigenvalue weighted by Crippen LogP contribution is -2.10. The number of aromatic nitrogens is 3. The Labute approximate surface area is 300 Å². The molecule has 52 heavy (non-hydrogen) atoms. The second kappa shape index (κ2) is 12.4. The second-order valence-electron chi connectivity index (χ2n) is 12.8. The second-order valence-corrected chi connectivity index (χ2v) is 12.8. The molecule has 0 spiro atoms. The summed E-state index contributed by atoms with van der Waals surface area (Å²) in [4.78, 5) is 15.2. The minimum atomic E-state index is -0.416. The summed E-state index contributed by atoms with van der Waals surface area (Å²) in [5.74, 6) is 2.52. The average molecular weight is 671 g/mol. The van der Waals surface area contributed by atoms with E-state index in [1.165, 1.54) is 0 Å². The Morgan fingerprint density at radius 3 is 1.71 bits per heavy atom. The van der Waals surface area contributed by atoms with Gasteiger partial charge in [-0.05, 0) is 46.5 Å². The monoisotopic (exact) mass is 670 g/mol. The van der Waals surface area contributed by atoms with Crippen molar-refractivity contribution in [3.05, 3.63) is 175 Å². The predicted octanol–water partition coefficient (Wildman–Crippen LogP) is 11.6. The summed E-state index contributed by atoms with van der Waals surface area (Å²) in [7, 11) is 0. The summed E-state index contributed by atoms with van der Waals surface area (Å²) in [6, 6.07) is 57.6. The van der Waals surface area contributed by atoms with E-state index in [0.29, 0.717) is 23.1 Å². The lowest BCUT2D eigenvalue weighted by molar-refractivity contribution is 0.260. The van der Waals surface area contributed by atoms with Crippen LogP contribution in [-0.4, -0.2) is 15.0 Å². The summed E-state index contributed by atoms with van der Waals surface area (Å²) < 4.78 is 13.4. The summed E-state index contributed by atoms with van der Waals surface area (Å²) in [5, 5.41) is 5.52. The number of nitrogens with one attached hydrogen (secondary N) is 1. The van der Waals surface area contributed by atoms with Crippen LogP contribution in [-0.2, 0) is 0 Å². The molecule has 1 atom stereocenters. The molecule has 1 unspecified atom stereocenters. The topological polar surface area (TPSA) is 73.1 Å². The number of rotatable bonds is 6. The van der Waals surface area contributed by atoms with Crippen LogP contribution in [0.4, 0.5) is 5.69 Å². The molecule has 2 aromatic heterocycles. The lowest BCUT2D eigenvalue weighted by atomic mass is 9.96. The highest BCUT2D eigenvalue weighted by Gasteiger charge is 2.29. The molecule has 3 heterocycles. The zero-order valence-electron chi connectivity index (χ0n) is 27.9. The molecule has 1 aliphatic heterocycles. The van der Waals surface area contributed by atoms with E-state index in [1.807, 2.05) is 84.9 Å². The highest BCUT2D eigenvalue weighted by Crippen LogP contribution is 2.46. The van der Waals surface area contributed by atoms with Crippen LogP contribution in [0.25, 0.3) is 78.4 Å². The van der Waals surface area contributed by atoms with Crippen LogP contribution < -0.4 is 10.1 Å². The van der Waals surface area contributed by atoms with E-state index in [-0.39, 0.29) is 0 Å². The SMILES string of the molecule is c1ccc(-c2ccc(-c3nc(-c4ccccc4)nc(-c4cccc5c4oc4c(C6Nc7ccccc7O6)ccc(-c6ccccc6)c45)n3)cc2)cc1. The molecule has 1 aliphatic rings. The fourth-order valence-electron chi connectivity index (χ4n) is 7.07. The molecule has 0 aliphatic carbocycles. The first-order chi connectivity index (χ1) is 25.8. The van der Waals surface area contributed by atoms with Gasteiger partial charge in [0.05, 0.1) is 16.8 Å². The van der Waals surface area contributed by atoms with Crippen LogP contribution in [0.15, 0.2) is 174 Å². The van der Waals surface area contributed by atoms with Crippen LogP contribution in [0.1, 0.15) is 11.8 Å².